The first kappa shape index (κ1) is 17.0. The van der Waals surface area contributed by atoms with Crippen LogP contribution in [0.25, 0.3) is 21.8 Å². The molecule has 0 aliphatic rings. The Morgan fingerprint density at radius 1 is 1.16 bits per heavy atom. The Hall–Kier alpha value is -2.86. The number of carboxylic acid groups (broad SMARTS) is 1. The Labute approximate surface area is 147 Å². The molecule has 0 amide bonds. The first-order chi connectivity index (χ1) is 11.9. The average Bonchev–Trinajstić information content (AvgIpc) is 2.57. The van der Waals surface area contributed by atoms with Gasteiger partial charge in [-0.3, -0.25) is 14.4 Å². The minimum atomic E-state index is -1.08. The average molecular weight is 360 g/mol. The quantitative estimate of drug-likeness (QED) is 0.708. The van der Waals surface area contributed by atoms with Gasteiger partial charge in [-0.25, -0.2) is 0 Å². The number of carboxylic acids is 1. The Bertz CT molecular complexity index is 1070. The van der Waals surface area contributed by atoms with Gasteiger partial charge < -0.3 is 14.4 Å². The molecule has 1 N–H and O–H groups in total. The summed E-state index contributed by atoms with van der Waals surface area (Å²) in [5, 5.41) is 10.2. The van der Waals surface area contributed by atoms with E-state index >= 15 is 0 Å². The van der Waals surface area contributed by atoms with E-state index in [4.69, 9.17) is 16.3 Å². The fourth-order valence-corrected chi connectivity index (χ4v) is 2.98. The van der Waals surface area contributed by atoms with Gasteiger partial charge in [-0.2, -0.15) is 0 Å². The van der Waals surface area contributed by atoms with Gasteiger partial charge in [-0.05, 0) is 31.2 Å². The van der Waals surface area contributed by atoms with Crippen molar-refractivity contribution in [2.24, 2.45) is 0 Å². The number of aliphatic carboxylic acids is 1. The van der Waals surface area contributed by atoms with Crippen molar-refractivity contribution < 1.29 is 19.4 Å². The summed E-state index contributed by atoms with van der Waals surface area (Å²) < 4.78 is 6.97. The Balaban J connectivity index is 2.47. The number of aromatic nitrogens is 1. The predicted octanol–water partition coefficient (Wildman–Crippen LogP) is 2.86. The van der Waals surface area contributed by atoms with Crippen molar-refractivity contribution >= 4 is 45.2 Å². The Morgan fingerprint density at radius 2 is 1.88 bits per heavy atom. The van der Waals surface area contributed by atoms with E-state index in [2.05, 4.69) is 0 Å². The second kappa shape index (κ2) is 6.57. The van der Waals surface area contributed by atoms with E-state index in [0.29, 0.717) is 10.9 Å². The van der Waals surface area contributed by atoms with Crippen LogP contribution in [0.2, 0.25) is 5.02 Å². The number of halogens is 1. The summed E-state index contributed by atoms with van der Waals surface area (Å²) in [7, 11) is 0. The topological polar surface area (TPSA) is 85.6 Å². The van der Waals surface area contributed by atoms with Crippen molar-refractivity contribution in [2.45, 2.75) is 13.5 Å². The molecule has 25 heavy (non-hydrogen) atoms. The van der Waals surface area contributed by atoms with Crippen LogP contribution < -0.4 is 10.2 Å². The SMILES string of the molecule is CC(=O)COc1c(Cl)ccc2c(=O)c3ccccc3n(CC(=O)O)c12. The van der Waals surface area contributed by atoms with Gasteiger partial charge in [0.15, 0.2) is 17.0 Å². The number of Topliss-reactive ketones (excluding diaryl/α,β-unsaturated/α-hetero) is 1. The lowest BCUT2D eigenvalue weighted by Gasteiger charge is -2.17. The number of rotatable bonds is 5. The normalized spacial score (nSPS) is 11.0. The van der Waals surface area contributed by atoms with E-state index in [0.717, 1.165) is 0 Å². The summed E-state index contributed by atoms with van der Waals surface area (Å²) in [5.41, 5.74) is 0.466. The molecule has 0 atom stereocenters. The largest absolute Gasteiger partial charge is 0.482 e. The molecule has 6 nitrogen and oxygen atoms in total. The number of fused-ring (bicyclic) bond motifs is 2. The molecule has 0 saturated carbocycles. The lowest BCUT2D eigenvalue weighted by atomic mass is 10.1. The zero-order valence-corrected chi connectivity index (χ0v) is 14.0. The summed E-state index contributed by atoms with van der Waals surface area (Å²) in [5.74, 6) is -1.17. The van der Waals surface area contributed by atoms with Crippen LogP contribution >= 0.6 is 11.6 Å². The zero-order valence-electron chi connectivity index (χ0n) is 13.3. The smallest absolute Gasteiger partial charge is 0.323 e. The van der Waals surface area contributed by atoms with Crippen LogP contribution in [-0.4, -0.2) is 28.0 Å². The number of ketones is 1. The molecule has 0 bridgehead atoms. The van der Waals surface area contributed by atoms with E-state index < -0.39 is 5.97 Å². The number of carbonyl (C=O) groups is 2. The maximum absolute atomic E-state index is 12.8. The van der Waals surface area contributed by atoms with Gasteiger partial charge in [0.2, 0.25) is 0 Å². The second-order valence-electron chi connectivity index (χ2n) is 5.59. The van der Waals surface area contributed by atoms with Crippen molar-refractivity contribution in [1.29, 1.82) is 0 Å². The highest BCUT2D eigenvalue weighted by Gasteiger charge is 2.19. The highest BCUT2D eigenvalue weighted by atomic mass is 35.5. The van der Waals surface area contributed by atoms with Gasteiger partial charge in [-0.1, -0.05) is 23.7 Å². The third-order valence-corrected chi connectivity index (χ3v) is 4.05. The monoisotopic (exact) mass is 359 g/mol. The molecule has 0 aliphatic heterocycles. The van der Waals surface area contributed by atoms with Crippen LogP contribution in [-0.2, 0) is 16.1 Å². The number of hydrogen-bond donors (Lipinski definition) is 1. The summed E-state index contributed by atoms with van der Waals surface area (Å²) in [6.45, 7) is 0.750. The molecule has 0 saturated heterocycles. The van der Waals surface area contributed by atoms with Gasteiger partial charge >= 0.3 is 5.97 Å². The van der Waals surface area contributed by atoms with Gasteiger partial charge in [0.05, 0.1) is 21.4 Å². The number of hydrogen-bond acceptors (Lipinski definition) is 4. The number of ether oxygens (including phenoxy) is 1. The van der Waals surface area contributed by atoms with Crippen LogP contribution in [0, 0.1) is 0 Å². The molecule has 2 aromatic carbocycles. The predicted molar refractivity (Wildman–Crippen MR) is 94.5 cm³/mol. The van der Waals surface area contributed by atoms with Gasteiger partial charge in [0.1, 0.15) is 13.2 Å². The fraction of sp³-hybridized carbons (Fsp3) is 0.167. The molecule has 0 unspecified atom stereocenters. The lowest BCUT2D eigenvalue weighted by molar-refractivity contribution is -0.137. The number of carbonyl (C=O) groups excluding carboxylic acids is 1. The zero-order chi connectivity index (χ0) is 18.1. The fourth-order valence-electron chi connectivity index (χ4n) is 2.77. The highest BCUT2D eigenvalue weighted by Crippen LogP contribution is 2.34. The summed E-state index contributed by atoms with van der Waals surface area (Å²) in [6, 6.07) is 9.76. The number of pyridine rings is 1. The summed E-state index contributed by atoms with van der Waals surface area (Å²) in [4.78, 5) is 35.5. The van der Waals surface area contributed by atoms with E-state index in [1.54, 1.807) is 24.3 Å². The van der Waals surface area contributed by atoms with Crippen molar-refractivity contribution in [3.8, 4) is 5.75 Å². The van der Waals surface area contributed by atoms with Crippen molar-refractivity contribution in [1.82, 2.24) is 4.57 Å². The van der Waals surface area contributed by atoms with Gasteiger partial charge in [0.25, 0.3) is 0 Å². The van der Waals surface area contributed by atoms with E-state index in [9.17, 15) is 19.5 Å². The van der Waals surface area contributed by atoms with Crippen molar-refractivity contribution in [3.63, 3.8) is 0 Å². The van der Waals surface area contributed by atoms with Crippen molar-refractivity contribution in [3.05, 3.63) is 51.6 Å². The Morgan fingerprint density at radius 3 is 2.56 bits per heavy atom. The third-order valence-electron chi connectivity index (χ3n) is 3.75. The molecule has 1 aromatic heterocycles. The lowest BCUT2D eigenvalue weighted by Crippen LogP contribution is -2.17. The van der Waals surface area contributed by atoms with Gasteiger partial charge in [-0.15, -0.1) is 0 Å². The van der Waals surface area contributed by atoms with Crippen LogP contribution in [0.4, 0.5) is 0 Å². The molecule has 0 aliphatic carbocycles. The first-order valence-electron chi connectivity index (χ1n) is 7.48. The molecule has 0 fully saturated rings. The third kappa shape index (κ3) is 3.08. The molecule has 1 heterocycles. The molecule has 7 heteroatoms. The first-order valence-corrected chi connectivity index (χ1v) is 7.85. The Kier molecular flexibility index (Phi) is 4.46. The number of benzene rings is 2. The minimum Gasteiger partial charge on any atom is -0.482 e. The molecule has 3 aromatic rings. The van der Waals surface area contributed by atoms with Crippen LogP contribution in [0.5, 0.6) is 5.75 Å². The molecule has 3 rings (SSSR count). The summed E-state index contributed by atoms with van der Waals surface area (Å²) in [6.07, 6.45) is 0. The molecular formula is C18H14ClNO5. The standard InChI is InChI=1S/C18H14ClNO5/c1-10(21)9-25-18-13(19)7-6-12-16(18)20(8-15(22)23)14-5-3-2-4-11(14)17(12)24/h2-7H,8-9H2,1H3,(H,22,23). The molecule has 128 valence electrons. The number of para-hydroxylation sites is 1. The van der Waals surface area contributed by atoms with Gasteiger partial charge in [0, 0.05) is 5.39 Å². The maximum atomic E-state index is 12.8. The number of nitrogens with zero attached hydrogens (tertiary/aromatic N) is 1. The van der Waals surface area contributed by atoms with Crippen LogP contribution in [0.3, 0.4) is 0 Å². The van der Waals surface area contributed by atoms with E-state index in [1.165, 1.54) is 23.6 Å². The summed E-state index contributed by atoms with van der Waals surface area (Å²) >= 11 is 6.20. The molecular weight excluding hydrogens is 346 g/mol. The minimum absolute atomic E-state index is 0.124. The molecule has 0 radical (unpaired) electrons. The van der Waals surface area contributed by atoms with E-state index in [1.807, 2.05) is 0 Å². The highest BCUT2D eigenvalue weighted by molar-refractivity contribution is 6.33. The molecule has 0 spiro atoms. The maximum Gasteiger partial charge on any atom is 0.323 e. The van der Waals surface area contributed by atoms with Crippen LogP contribution in [0.1, 0.15) is 6.92 Å². The van der Waals surface area contributed by atoms with E-state index in [-0.39, 0.29) is 46.0 Å². The second-order valence-corrected chi connectivity index (χ2v) is 6.00. The van der Waals surface area contributed by atoms with Crippen LogP contribution in [0.15, 0.2) is 41.2 Å². The van der Waals surface area contributed by atoms with Crippen molar-refractivity contribution in [2.75, 3.05) is 6.61 Å².